The van der Waals surface area contributed by atoms with Gasteiger partial charge in [-0.15, -0.1) is 0 Å². The molecule has 45 heavy (non-hydrogen) atoms. The molecule has 12 heteroatoms. The number of carbonyl (C=O) groups is 5. The zero-order valence-corrected chi connectivity index (χ0v) is 27.7. The van der Waals surface area contributed by atoms with Crippen LogP contribution in [0.2, 0.25) is 0 Å². The second-order valence-electron chi connectivity index (χ2n) is 13.2. The Bertz CT molecular complexity index is 1140. The van der Waals surface area contributed by atoms with Crippen LogP contribution < -0.4 is 16.0 Å². The molecule has 0 radical (unpaired) electrons. The molecule has 0 aromatic heterocycles. The molecular weight excluding hydrogens is 583 g/mol. The van der Waals surface area contributed by atoms with Gasteiger partial charge in [0.2, 0.25) is 17.7 Å². The Morgan fingerprint density at radius 1 is 0.911 bits per heavy atom. The normalized spacial score (nSPS) is 16.1. The van der Waals surface area contributed by atoms with E-state index in [2.05, 4.69) is 16.0 Å². The first-order valence-corrected chi connectivity index (χ1v) is 15.7. The summed E-state index contributed by atoms with van der Waals surface area (Å²) in [4.78, 5) is 67.0. The van der Waals surface area contributed by atoms with Crippen molar-refractivity contribution < 1.29 is 37.8 Å². The van der Waals surface area contributed by atoms with Crippen molar-refractivity contribution >= 4 is 29.8 Å². The first-order chi connectivity index (χ1) is 21.0. The van der Waals surface area contributed by atoms with E-state index in [9.17, 15) is 28.4 Å². The van der Waals surface area contributed by atoms with E-state index in [1.54, 1.807) is 49.9 Å². The highest BCUT2D eigenvalue weighted by Crippen LogP contribution is 2.21. The van der Waals surface area contributed by atoms with Gasteiger partial charge in [-0.3, -0.25) is 19.2 Å². The zero-order valence-electron chi connectivity index (χ0n) is 27.7. The van der Waals surface area contributed by atoms with Crippen molar-refractivity contribution in [2.45, 2.75) is 116 Å². The molecule has 11 nitrogen and oxygen atoms in total. The average molecular weight is 635 g/mol. The maximum atomic E-state index is 15.0. The maximum Gasteiger partial charge on any atom is 0.408 e. The van der Waals surface area contributed by atoms with Crippen molar-refractivity contribution in [3.63, 3.8) is 0 Å². The lowest BCUT2D eigenvalue weighted by Gasteiger charge is -2.34. The third kappa shape index (κ3) is 13.4. The van der Waals surface area contributed by atoms with Crippen molar-refractivity contribution in [3.8, 4) is 0 Å². The number of hydrogen-bond acceptors (Lipinski definition) is 7. The lowest BCUT2D eigenvalue weighted by Crippen LogP contribution is -2.59. The number of nitrogens with zero attached hydrogens (tertiary/aromatic N) is 1. The van der Waals surface area contributed by atoms with Crippen LogP contribution in [0.5, 0.6) is 0 Å². The van der Waals surface area contributed by atoms with Gasteiger partial charge in [-0.2, -0.15) is 0 Å². The van der Waals surface area contributed by atoms with Crippen molar-refractivity contribution in [3.05, 3.63) is 35.9 Å². The number of alkyl halides is 1. The lowest BCUT2D eigenvalue weighted by atomic mass is 9.95. The summed E-state index contributed by atoms with van der Waals surface area (Å²) >= 11 is 0. The molecule has 4 amide bonds. The molecule has 2 rings (SSSR count). The summed E-state index contributed by atoms with van der Waals surface area (Å²) in [7, 11) is 1.33. The minimum absolute atomic E-state index is 0.0956. The molecule has 1 saturated heterocycles. The number of unbranched alkanes of at least 4 members (excludes halogenated alkanes) is 1. The second-order valence-corrected chi connectivity index (χ2v) is 13.2. The van der Waals surface area contributed by atoms with Crippen LogP contribution in [0.25, 0.3) is 0 Å². The Labute approximate surface area is 266 Å². The Kier molecular flexibility index (Phi) is 14.3. The molecule has 1 aliphatic heterocycles. The minimum Gasteiger partial charge on any atom is -0.469 e. The van der Waals surface area contributed by atoms with Crippen LogP contribution in [0.4, 0.5) is 9.18 Å². The highest BCUT2D eigenvalue weighted by Gasteiger charge is 2.36. The fraction of sp³-hybridized carbons (Fsp3) is 0.667. The van der Waals surface area contributed by atoms with Crippen molar-refractivity contribution in [2.24, 2.45) is 5.92 Å². The largest absolute Gasteiger partial charge is 0.469 e. The molecule has 252 valence electrons. The minimum atomic E-state index is -1.85. The van der Waals surface area contributed by atoms with Gasteiger partial charge >= 0.3 is 12.1 Å². The summed E-state index contributed by atoms with van der Waals surface area (Å²) < 4.78 is 25.2. The lowest BCUT2D eigenvalue weighted by molar-refractivity contribution is -0.149. The number of amides is 4. The predicted molar refractivity (Wildman–Crippen MR) is 168 cm³/mol. The quantitative estimate of drug-likeness (QED) is 0.264. The summed E-state index contributed by atoms with van der Waals surface area (Å²) in [5.41, 5.74) is -1.91. The number of ether oxygens (including phenoxy) is 2. The van der Waals surface area contributed by atoms with Crippen LogP contribution in [0.15, 0.2) is 30.3 Å². The van der Waals surface area contributed by atoms with Gasteiger partial charge in [0.1, 0.15) is 29.4 Å². The number of alkyl carbamates (subject to hydrolysis) is 1. The van der Waals surface area contributed by atoms with Crippen LogP contribution in [0.1, 0.15) is 85.6 Å². The van der Waals surface area contributed by atoms with Gasteiger partial charge in [0.05, 0.1) is 13.0 Å². The van der Waals surface area contributed by atoms with E-state index >= 15 is 0 Å². The molecule has 3 atom stereocenters. The maximum absolute atomic E-state index is 15.0. The summed E-state index contributed by atoms with van der Waals surface area (Å²) in [5.74, 6) is -2.29. The number of methoxy groups -OCH3 is 1. The molecule has 1 aromatic rings. The molecule has 0 spiro atoms. The number of hydrogen-bond donors (Lipinski definition) is 3. The Balaban J connectivity index is 2.24. The number of halogens is 1. The molecule has 0 saturated carbocycles. The van der Waals surface area contributed by atoms with Crippen LogP contribution in [0.3, 0.4) is 0 Å². The van der Waals surface area contributed by atoms with Gasteiger partial charge in [-0.25, -0.2) is 9.18 Å². The van der Waals surface area contributed by atoms with Crippen molar-refractivity contribution in [1.82, 2.24) is 20.9 Å². The monoisotopic (exact) mass is 634 g/mol. The molecule has 1 aliphatic rings. The van der Waals surface area contributed by atoms with E-state index in [1.165, 1.54) is 21.0 Å². The van der Waals surface area contributed by atoms with Crippen molar-refractivity contribution in [1.29, 1.82) is 0 Å². The van der Waals surface area contributed by atoms with E-state index in [4.69, 9.17) is 9.47 Å². The summed E-state index contributed by atoms with van der Waals surface area (Å²) in [6.45, 7) is 10.3. The summed E-state index contributed by atoms with van der Waals surface area (Å²) in [6.07, 6.45) is 1.61. The molecule has 1 heterocycles. The first kappa shape index (κ1) is 37.5. The molecule has 1 aromatic carbocycles. The fourth-order valence-electron chi connectivity index (χ4n) is 5.14. The van der Waals surface area contributed by atoms with Gasteiger partial charge in [0, 0.05) is 25.9 Å². The van der Waals surface area contributed by atoms with Gasteiger partial charge in [0.25, 0.3) is 0 Å². The molecule has 3 N–H and O–H groups in total. The average Bonchev–Trinajstić information content (AvgIpc) is 2.96. The fourth-order valence-corrected chi connectivity index (χ4v) is 5.14. The highest BCUT2D eigenvalue weighted by atomic mass is 19.1. The number of likely N-dealkylation sites (tertiary alicyclic amines) is 1. The predicted octanol–water partition coefficient (Wildman–Crippen LogP) is 3.83. The van der Waals surface area contributed by atoms with Crippen molar-refractivity contribution in [2.75, 3.05) is 20.2 Å². The number of rotatable bonds is 14. The van der Waals surface area contributed by atoms with E-state index < -0.39 is 47.3 Å². The van der Waals surface area contributed by atoms with Gasteiger partial charge in [-0.05, 0) is 59.4 Å². The van der Waals surface area contributed by atoms with Gasteiger partial charge in [0.15, 0.2) is 0 Å². The van der Waals surface area contributed by atoms with Gasteiger partial charge in [-0.1, -0.05) is 50.1 Å². The number of nitrogens with one attached hydrogen (secondary N) is 3. The third-order valence-corrected chi connectivity index (χ3v) is 7.41. The molecule has 1 unspecified atom stereocenters. The summed E-state index contributed by atoms with van der Waals surface area (Å²) in [5, 5.41) is 7.98. The highest BCUT2D eigenvalue weighted by molar-refractivity contribution is 5.94. The van der Waals surface area contributed by atoms with Crippen LogP contribution in [0, 0.1) is 5.92 Å². The number of carbonyl (C=O) groups excluding carboxylic acids is 5. The summed E-state index contributed by atoms with van der Waals surface area (Å²) in [6, 6.07) is 5.65. The molecule has 0 aliphatic carbocycles. The first-order valence-electron chi connectivity index (χ1n) is 15.7. The van der Waals surface area contributed by atoms with Gasteiger partial charge < -0.3 is 30.3 Å². The van der Waals surface area contributed by atoms with Crippen LogP contribution >= 0.6 is 0 Å². The standard InChI is InChI=1S/C33H51FN4O7/c1-8-9-15-24(29(41)38-18-16-23(17-19-38)30(42)44-7)35-28(40)26(21-33(5,6)34)36-27(39)25(20-22-13-11-10-12-14-22)37-31(43)45-32(2,3)4/h10-14,23-26H,8-9,15-21H2,1-7H3,(H,35,40)(H,36,39)(H,37,43)/t24?,25-,26-/m1/s1. The van der Waals surface area contributed by atoms with E-state index in [-0.39, 0.29) is 30.6 Å². The number of benzene rings is 1. The number of piperidine rings is 1. The second kappa shape index (κ2) is 17.1. The number of esters is 1. The topological polar surface area (TPSA) is 143 Å². The molecule has 1 fully saturated rings. The smallest absolute Gasteiger partial charge is 0.408 e. The van der Waals surface area contributed by atoms with Crippen LogP contribution in [-0.4, -0.2) is 84.3 Å². The zero-order chi connectivity index (χ0) is 33.8. The SMILES string of the molecule is CCCCC(NC(=O)[C@@H](CC(C)(C)F)NC(=O)[C@@H](Cc1ccccc1)NC(=O)OC(C)(C)C)C(=O)N1CCC(C(=O)OC)CC1. The van der Waals surface area contributed by atoms with E-state index in [0.717, 1.165) is 12.0 Å². The molecule has 0 bridgehead atoms. The third-order valence-electron chi connectivity index (χ3n) is 7.41. The van der Waals surface area contributed by atoms with Crippen LogP contribution in [-0.2, 0) is 35.1 Å². The van der Waals surface area contributed by atoms with E-state index in [0.29, 0.717) is 38.8 Å². The molecular formula is C33H51FN4O7. The van der Waals surface area contributed by atoms with E-state index in [1.807, 2.05) is 13.0 Å². The Morgan fingerprint density at radius 3 is 2.02 bits per heavy atom. The Hall–Kier alpha value is -3.70. The Morgan fingerprint density at radius 2 is 1.49 bits per heavy atom.